The van der Waals surface area contributed by atoms with Gasteiger partial charge in [-0.25, -0.2) is 0 Å². The minimum absolute atomic E-state index is 0.729. The van der Waals surface area contributed by atoms with Gasteiger partial charge in [0.1, 0.15) is 0 Å². The van der Waals surface area contributed by atoms with E-state index in [1.54, 1.807) is 0 Å². The predicted molar refractivity (Wildman–Crippen MR) is 99.7 cm³/mol. The van der Waals surface area contributed by atoms with E-state index in [4.69, 9.17) is 4.74 Å². The van der Waals surface area contributed by atoms with Gasteiger partial charge in [-0.05, 0) is 68.4 Å². The van der Waals surface area contributed by atoms with Gasteiger partial charge >= 0.3 is 0 Å². The molecule has 1 aromatic carbocycles. The van der Waals surface area contributed by atoms with E-state index < -0.39 is 0 Å². The summed E-state index contributed by atoms with van der Waals surface area (Å²) in [4.78, 5) is 0. The largest absolute Gasteiger partial charge is 0.376 e. The Bertz CT molecular complexity index is 475. The fourth-order valence-electron chi connectivity index (χ4n) is 3.37. The first-order chi connectivity index (χ1) is 11.3. The molecule has 0 spiro atoms. The highest BCUT2D eigenvalue weighted by atomic mass is 16.5. The fraction of sp³-hybridized carbons (Fsp3) is 0.545. The molecule has 1 saturated carbocycles. The Morgan fingerprint density at radius 1 is 1.04 bits per heavy atom. The van der Waals surface area contributed by atoms with Crippen LogP contribution in [0.25, 0.3) is 0 Å². The zero-order chi connectivity index (χ0) is 16.3. The lowest BCUT2D eigenvalue weighted by Crippen LogP contribution is -2.11. The molecule has 0 bridgehead atoms. The van der Waals surface area contributed by atoms with Crippen LogP contribution in [0.1, 0.15) is 69.4 Å². The summed E-state index contributed by atoms with van der Waals surface area (Å²) in [5, 5.41) is 0. The third kappa shape index (κ3) is 6.35. The number of hydrogen-bond acceptors (Lipinski definition) is 1. The lowest BCUT2D eigenvalue weighted by molar-refractivity contribution is 0.125. The Morgan fingerprint density at radius 3 is 2.43 bits per heavy atom. The van der Waals surface area contributed by atoms with Crippen LogP contribution in [0.2, 0.25) is 0 Å². The maximum absolute atomic E-state index is 5.70. The van der Waals surface area contributed by atoms with Crippen LogP contribution in [0.4, 0.5) is 0 Å². The summed E-state index contributed by atoms with van der Waals surface area (Å²) in [6.45, 7) is 5.80. The average molecular weight is 312 g/mol. The molecule has 0 amide bonds. The van der Waals surface area contributed by atoms with Crippen molar-refractivity contribution in [1.82, 2.24) is 0 Å². The number of benzene rings is 1. The highest BCUT2D eigenvalue weighted by Gasteiger charge is 2.20. The molecule has 0 N–H and O–H groups in total. The van der Waals surface area contributed by atoms with E-state index in [1.165, 1.54) is 36.8 Å². The van der Waals surface area contributed by atoms with Crippen molar-refractivity contribution in [2.24, 2.45) is 5.92 Å². The smallest absolute Gasteiger partial charge is 0.0717 e. The van der Waals surface area contributed by atoms with Crippen LogP contribution in [-0.2, 0) is 11.3 Å². The van der Waals surface area contributed by atoms with Crippen molar-refractivity contribution in [3.05, 3.63) is 59.7 Å². The average Bonchev–Trinajstić information content (AvgIpc) is 2.61. The molecule has 0 aliphatic heterocycles. The summed E-state index contributed by atoms with van der Waals surface area (Å²) in [6, 6.07) is 9.12. The Labute approximate surface area is 142 Å². The molecular formula is C22H32O. The first kappa shape index (κ1) is 18.0. The molecule has 1 aromatic rings. The van der Waals surface area contributed by atoms with Crippen LogP contribution in [0.15, 0.2) is 48.6 Å². The van der Waals surface area contributed by atoms with E-state index in [-0.39, 0.29) is 0 Å². The SMILES string of the molecule is CC=CCCOCc1ccc([C@H]2CC[C@H](C=CCC)CC2)cc1. The van der Waals surface area contributed by atoms with Crippen LogP contribution < -0.4 is 0 Å². The summed E-state index contributed by atoms with van der Waals surface area (Å²) in [6.07, 6.45) is 16.5. The molecule has 0 heterocycles. The van der Waals surface area contributed by atoms with Gasteiger partial charge in [-0.2, -0.15) is 0 Å². The van der Waals surface area contributed by atoms with E-state index in [0.717, 1.165) is 37.9 Å². The van der Waals surface area contributed by atoms with E-state index in [0.29, 0.717) is 0 Å². The molecule has 0 unspecified atom stereocenters. The minimum atomic E-state index is 0.729. The number of ether oxygens (including phenoxy) is 1. The maximum Gasteiger partial charge on any atom is 0.0717 e. The molecular weight excluding hydrogens is 280 g/mol. The Balaban J connectivity index is 1.75. The summed E-state index contributed by atoms with van der Waals surface area (Å²) in [5.74, 6) is 1.57. The third-order valence-corrected chi connectivity index (χ3v) is 4.80. The van der Waals surface area contributed by atoms with Crippen LogP contribution >= 0.6 is 0 Å². The van der Waals surface area contributed by atoms with Gasteiger partial charge in [-0.3, -0.25) is 0 Å². The van der Waals surface area contributed by atoms with E-state index >= 15 is 0 Å². The Morgan fingerprint density at radius 2 is 1.78 bits per heavy atom. The summed E-state index contributed by atoms with van der Waals surface area (Å²) in [7, 11) is 0. The van der Waals surface area contributed by atoms with Crippen LogP contribution in [0.3, 0.4) is 0 Å². The molecule has 0 saturated heterocycles. The van der Waals surface area contributed by atoms with Crippen molar-refractivity contribution in [2.75, 3.05) is 6.61 Å². The standard InChI is InChI=1S/C22H32O/c1-3-5-7-17-23-18-20-11-15-22(16-12-20)21-13-9-19(10-14-21)8-6-4-2/h3,5-6,8,11-12,15-16,19,21H,4,7,9-10,13-14,17-18H2,1-2H3/t19-,21-. The molecule has 1 heteroatoms. The lowest BCUT2D eigenvalue weighted by atomic mass is 9.78. The van der Waals surface area contributed by atoms with Gasteiger partial charge in [-0.15, -0.1) is 0 Å². The van der Waals surface area contributed by atoms with Gasteiger partial charge in [0, 0.05) is 0 Å². The van der Waals surface area contributed by atoms with Gasteiger partial charge < -0.3 is 4.74 Å². The van der Waals surface area contributed by atoms with Crippen LogP contribution in [0.5, 0.6) is 0 Å². The summed E-state index contributed by atoms with van der Waals surface area (Å²) in [5.41, 5.74) is 2.80. The van der Waals surface area contributed by atoms with Crippen LogP contribution in [-0.4, -0.2) is 6.61 Å². The normalized spacial score (nSPS) is 22.2. The van der Waals surface area contributed by atoms with Gasteiger partial charge in [0.05, 0.1) is 13.2 Å². The molecule has 126 valence electrons. The molecule has 0 atom stereocenters. The molecule has 23 heavy (non-hydrogen) atoms. The maximum atomic E-state index is 5.70. The van der Waals surface area contributed by atoms with Crippen molar-refractivity contribution in [1.29, 1.82) is 0 Å². The van der Waals surface area contributed by atoms with Gasteiger partial charge in [0.25, 0.3) is 0 Å². The first-order valence-electron chi connectivity index (χ1n) is 9.27. The van der Waals surface area contributed by atoms with E-state index in [1.807, 2.05) is 6.92 Å². The first-order valence-corrected chi connectivity index (χ1v) is 9.27. The van der Waals surface area contributed by atoms with Crippen molar-refractivity contribution >= 4 is 0 Å². The highest BCUT2D eigenvalue weighted by Crippen LogP contribution is 2.36. The predicted octanol–water partition coefficient (Wildman–Crippen LogP) is 6.41. The van der Waals surface area contributed by atoms with Crippen molar-refractivity contribution < 1.29 is 4.74 Å². The fourth-order valence-corrected chi connectivity index (χ4v) is 3.37. The third-order valence-electron chi connectivity index (χ3n) is 4.80. The zero-order valence-electron chi connectivity index (χ0n) is 14.8. The van der Waals surface area contributed by atoms with E-state index in [9.17, 15) is 0 Å². The van der Waals surface area contributed by atoms with Gasteiger partial charge in [-0.1, -0.05) is 55.5 Å². The molecule has 0 aromatic heterocycles. The topological polar surface area (TPSA) is 9.23 Å². The molecule has 1 fully saturated rings. The second kappa shape index (κ2) is 10.4. The Kier molecular flexibility index (Phi) is 8.17. The molecule has 0 radical (unpaired) electrons. The Hall–Kier alpha value is -1.34. The monoisotopic (exact) mass is 312 g/mol. The van der Waals surface area contributed by atoms with Crippen molar-refractivity contribution in [3.63, 3.8) is 0 Å². The quantitative estimate of drug-likeness (QED) is 0.398. The number of hydrogen-bond donors (Lipinski definition) is 0. The molecule has 2 rings (SSSR count). The highest BCUT2D eigenvalue weighted by molar-refractivity contribution is 5.25. The lowest BCUT2D eigenvalue weighted by Gasteiger charge is -2.27. The summed E-state index contributed by atoms with van der Waals surface area (Å²) >= 11 is 0. The second-order valence-electron chi connectivity index (χ2n) is 6.60. The van der Waals surface area contributed by atoms with Gasteiger partial charge in [0.2, 0.25) is 0 Å². The van der Waals surface area contributed by atoms with E-state index in [2.05, 4.69) is 55.5 Å². The molecule has 1 aliphatic carbocycles. The van der Waals surface area contributed by atoms with Crippen LogP contribution in [0, 0.1) is 5.92 Å². The van der Waals surface area contributed by atoms with Crippen molar-refractivity contribution in [3.8, 4) is 0 Å². The number of rotatable bonds is 8. The minimum Gasteiger partial charge on any atom is -0.376 e. The summed E-state index contributed by atoms with van der Waals surface area (Å²) < 4.78 is 5.70. The van der Waals surface area contributed by atoms with Gasteiger partial charge in [0.15, 0.2) is 0 Å². The number of allylic oxidation sites excluding steroid dienone is 3. The molecule has 1 aliphatic rings. The van der Waals surface area contributed by atoms with Crippen molar-refractivity contribution in [2.45, 2.75) is 64.9 Å². The molecule has 1 nitrogen and oxygen atoms in total. The second-order valence-corrected chi connectivity index (χ2v) is 6.60. The zero-order valence-corrected chi connectivity index (χ0v) is 14.8.